The van der Waals surface area contributed by atoms with Gasteiger partial charge in [-0.05, 0) is 49.8 Å². The molecule has 1 atom stereocenters. The molecule has 0 aromatic heterocycles. The minimum absolute atomic E-state index is 0.0688. The van der Waals surface area contributed by atoms with Crippen molar-refractivity contribution in [1.82, 2.24) is 9.80 Å². The molecule has 3 rings (SSSR count). The van der Waals surface area contributed by atoms with Gasteiger partial charge in [-0.2, -0.15) is 0 Å². The van der Waals surface area contributed by atoms with Crippen molar-refractivity contribution in [2.45, 2.75) is 70.8 Å². The van der Waals surface area contributed by atoms with Gasteiger partial charge in [0, 0.05) is 45.2 Å². The predicted molar refractivity (Wildman–Crippen MR) is 116 cm³/mol. The highest BCUT2D eigenvalue weighted by Gasteiger charge is 2.38. The van der Waals surface area contributed by atoms with E-state index in [0.717, 1.165) is 51.1 Å². The molecular weight excluding hydrogens is 405 g/mol. The Balaban J connectivity index is 1.75. The molecule has 1 saturated carbocycles. The molecule has 4 nitrogen and oxygen atoms in total. The highest BCUT2D eigenvalue weighted by molar-refractivity contribution is 5.32. The standard InChI is InChI=1S/C24H37F3N2O2/c1-22(2,30)18-29-14-12-28(13-15-29)17-21(23(3)10-5-4-6-11-23)19-8-7-9-20(16-19)31-24(25,26)27/h7-9,16,21,30H,4-6,10-15,17-18H2,1-3H3. The maximum atomic E-state index is 12.8. The van der Waals surface area contributed by atoms with Gasteiger partial charge in [-0.25, -0.2) is 0 Å². The Hall–Kier alpha value is -1.31. The van der Waals surface area contributed by atoms with Crippen LogP contribution in [0.15, 0.2) is 24.3 Å². The van der Waals surface area contributed by atoms with E-state index >= 15 is 0 Å². The van der Waals surface area contributed by atoms with Crippen molar-refractivity contribution in [3.8, 4) is 5.75 Å². The number of benzene rings is 1. The van der Waals surface area contributed by atoms with E-state index in [2.05, 4.69) is 21.5 Å². The molecule has 2 fully saturated rings. The van der Waals surface area contributed by atoms with Crippen LogP contribution in [0.2, 0.25) is 0 Å². The van der Waals surface area contributed by atoms with E-state index in [4.69, 9.17) is 0 Å². The Kier molecular flexibility index (Phi) is 7.59. The average molecular weight is 443 g/mol. The van der Waals surface area contributed by atoms with Gasteiger partial charge in [0.2, 0.25) is 0 Å². The molecule has 0 amide bonds. The molecule has 1 heterocycles. The van der Waals surface area contributed by atoms with E-state index in [9.17, 15) is 18.3 Å². The quantitative estimate of drug-likeness (QED) is 0.643. The van der Waals surface area contributed by atoms with Gasteiger partial charge in [-0.15, -0.1) is 13.2 Å². The number of hydrogen-bond acceptors (Lipinski definition) is 4. The van der Waals surface area contributed by atoms with E-state index < -0.39 is 12.0 Å². The number of β-amino-alcohol motifs (C(OH)–C–C–N with tert-alkyl or cyclic N) is 1. The molecule has 1 N–H and O–H groups in total. The molecule has 1 aliphatic carbocycles. The van der Waals surface area contributed by atoms with Gasteiger partial charge in [0.15, 0.2) is 0 Å². The van der Waals surface area contributed by atoms with Gasteiger partial charge in [0.1, 0.15) is 5.75 Å². The molecule has 1 aromatic carbocycles. The van der Waals surface area contributed by atoms with E-state index in [1.54, 1.807) is 12.1 Å². The largest absolute Gasteiger partial charge is 0.573 e. The lowest BCUT2D eigenvalue weighted by molar-refractivity contribution is -0.274. The molecular formula is C24H37F3N2O2. The third-order valence-corrected chi connectivity index (χ3v) is 6.85. The summed E-state index contributed by atoms with van der Waals surface area (Å²) in [5.74, 6) is 0.0230. The predicted octanol–water partition coefficient (Wildman–Crippen LogP) is 5.03. The summed E-state index contributed by atoms with van der Waals surface area (Å²) in [7, 11) is 0. The van der Waals surface area contributed by atoms with Gasteiger partial charge in [0.25, 0.3) is 0 Å². The number of halogens is 3. The molecule has 2 aliphatic rings. The second-order valence-electron chi connectivity index (χ2n) is 10.3. The lowest BCUT2D eigenvalue weighted by atomic mass is 9.65. The van der Waals surface area contributed by atoms with Crippen molar-refractivity contribution in [2.75, 3.05) is 39.3 Å². The summed E-state index contributed by atoms with van der Waals surface area (Å²) < 4.78 is 42.6. The lowest BCUT2D eigenvalue weighted by Crippen LogP contribution is -2.52. The lowest BCUT2D eigenvalue weighted by Gasteiger charge is -2.45. The zero-order valence-electron chi connectivity index (χ0n) is 19.0. The van der Waals surface area contributed by atoms with Crippen molar-refractivity contribution in [1.29, 1.82) is 0 Å². The minimum Gasteiger partial charge on any atom is -0.406 e. The van der Waals surface area contributed by atoms with Crippen molar-refractivity contribution in [3.05, 3.63) is 29.8 Å². The number of rotatable bonds is 7. The normalized spacial score (nSPS) is 22.3. The molecule has 0 bridgehead atoms. The first kappa shape index (κ1) is 24.3. The third kappa shape index (κ3) is 7.36. The number of ether oxygens (including phenoxy) is 1. The van der Waals surface area contributed by atoms with Crippen LogP contribution in [-0.4, -0.2) is 66.1 Å². The molecule has 0 spiro atoms. The fraction of sp³-hybridized carbons (Fsp3) is 0.750. The summed E-state index contributed by atoms with van der Waals surface area (Å²) in [5, 5.41) is 10.1. The first-order valence-corrected chi connectivity index (χ1v) is 11.5. The van der Waals surface area contributed by atoms with Crippen LogP contribution >= 0.6 is 0 Å². The van der Waals surface area contributed by atoms with Gasteiger partial charge >= 0.3 is 6.36 Å². The van der Waals surface area contributed by atoms with Crippen LogP contribution in [0.5, 0.6) is 5.75 Å². The van der Waals surface area contributed by atoms with Gasteiger partial charge in [-0.3, -0.25) is 4.90 Å². The molecule has 1 aromatic rings. The Morgan fingerprint density at radius 2 is 1.65 bits per heavy atom. The fourth-order valence-electron chi connectivity index (χ4n) is 5.30. The number of piperazine rings is 1. The zero-order valence-corrected chi connectivity index (χ0v) is 19.0. The van der Waals surface area contributed by atoms with Crippen LogP contribution in [0.3, 0.4) is 0 Å². The molecule has 0 radical (unpaired) electrons. The summed E-state index contributed by atoms with van der Waals surface area (Å²) in [5.41, 5.74) is 0.295. The number of aliphatic hydroxyl groups is 1. The first-order chi connectivity index (χ1) is 14.4. The third-order valence-electron chi connectivity index (χ3n) is 6.85. The topological polar surface area (TPSA) is 35.9 Å². The van der Waals surface area contributed by atoms with Crippen molar-refractivity contribution in [2.24, 2.45) is 5.41 Å². The Bertz CT molecular complexity index is 704. The van der Waals surface area contributed by atoms with Crippen LogP contribution in [0.25, 0.3) is 0 Å². The van der Waals surface area contributed by atoms with Gasteiger partial charge in [-0.1, -0.05) is 38.3 Å². The van der Waals surface area contributed by atoms with Crippen LogP contribution in [-0.2, 0) is 0 Å². The van der Waals surface area contributed by atoms with Crippen LogP contribution in [0.1, 0.15) is 64.4 Å². The van der Waals surface area contributed by atoms with E-state index in [1.807, 2.05) is 19.9 Å². The monoisotopic (exact) mass is 442 g/mol. The molecule has 7 heteroatoms. The zero-order chi connectivity index (χ0) is 22.7. The molecule has 31 heavy (non-hydrogen) atoms. The Morgan fingerprint density at radius 1 is 1.03 bits per heavy atom. The van der Waals surface area contributed by atoms with Gasteiger partial charge < -0.3 is 14.7 Å². The van der Waals surface area contributed by atoms with E-state index in [0.29, 0.717) is 6.54 Å². The Labute approximate surface area is 184 Å². The van der Waals surface area contributed by atoms with Gasteiger partial charge in [0.05, 0.1) is 5.60 Å². The number of nitrogens with zero attached hydrogens (tertiary/aromatic N) is 2. The maximum absolute atomic E-state index is 12.8. The first-order valence-electron chi connectivity index (χ1n) is 11.5. The van der Waals surface area contributed by atoms with Crippen LogP contribution < -0.4 is 4.74 Å². The molecule has 1 aliphatic heterocycles. The minimum atomic E-state index is -4.68. The smallest absolute Gasteiger partial charge is 0.406 e. The van der Waals surface area contributed by atoms with Crippen LogP contribution in [0.4, 0.5) is 13.2 Å². The summed E-state index contributed by atoms with van der Waals surface area (Å²) in [4.78, 5) is 4.72. The van der Waals surface area contributed by atoms with Crippen molar-refractivity contribution in [3.63, 3.8) is 0 Å². The summed E-state index contributed by atoms with van der Waals surface area (Å²) in [6.07, 6.45) is 1.09. The summed E-state index contributed by atoms with van der Waals surface area (Å²) in [6.45, 7) is 11.0. The fourth-order valence-corrected chi connectivity index (χ4v) is 5.30. The molecule has 176 valence electrons. The SMILES string of the molecule is CC(C)(O)CN1CCN(CC(c2cccc(OC(F)(F)F)c2)C2(C)CCCCC2)CC1. The van der Waals surface area contributed by atoms with Crippen molar-refractivity contribution >= 4 is 0 Å². The molecule has 1 saturated heterocycles. The second-order valence-corrected chi connectivity index (χ2v) is 10.3. The highest BCUT2D eigenvalue weighted by atomic mass is 19.4. The number of alkyl halides is 3. The van der Waals surface area contributed by atoms with E-state index in [1.165, 1.54) is 25.3 Å². The second kappa shape index (κ2) is 9.67. The maximum Gasteiger partial charge on any atom is 0.573 e. The van der Waals surface area contributed by atoms with E-state index in [-0.39, 0.29) is 17.1 Å². The highest BCUT2D eigenvalue weighted by Crippen LogP contribution is 2.48. The summed E-state index contributed by atoms with van der Waals surface area (Å²) in [6, 6.07) is 6.60. The number of hydrogen-bond donors (Lipinski definition) is 1. The molecule has 1 unspecified atom stereocenters. The Morgan fingerprint density at radius 3 is 2.23 bits per heavy atom. The van der Waals surface area contributed by atoms with Crippen molar-refractivity contribution < 1.29 is 23.0 Å². The van der Waals surface area contributed by atoms with Crippen LogP contribution in [0, 0.1) is 5.41 Å². The summed E-state index contributed by atoms with van der Waals surface area (Å²) >= 11 is 0. The average Bonchev–Trinajstić information content (AvgIpc) is 2.65.